The van der Waals surface area contributed by atoms with E-state index in [0.717, 1.165) is 25.7 Å². The van der Waals surface area contributed by atoms with Crippen molar-refractivity contribution in [3.63, 3.8) is 0 Å². The van der Waals surface area contributed by atoms with Crippen LogP contribution in [0.5, 0.6) is 0 Å². The minimum atomic E-state index is -3.30. The van der Waals surface area contributed by atoms with Gasteiger partial charge in [-0.15, -0.1) is 11.3 Å². The van der Waals surface area contributed by atoms with Crippen molar-refractivity contribution in [2.24, 2.45) is 0 Å². The summed E-state index contributed by atoms with van der Waals surface area (Å²) in [7, 11) is -3.30. The molecular formula is C16H17NO3S2. The standard InChI is InChI=1S/C16H17NO3S2/c18-16(15-9-4-10-21-15)17-12-5-3-8-14(11-12)22(19,20)13-6-1-2-7-13/h3-5,8-11,13H,1-2,6-7H2,(H,17,18). The molecule has 1 fully saturated rings. The summed E-state index contributed by atoms with van der Waals surface area (Å²) >= 11 is 1.35. The Morgan fingerprint density at radius 2 is 1.91 bits per heavy atom. The Balaban J connectivity index is 1.82. The van der Waals surface area contributed by atoms with Crippen molar-refractivity contribution >= 4 is 32.8 Å². The van der Waals surface area contributed by atoms with Crippen LogP contribution in [-0.2, 0) is 9.84 Å². The second-order valence-electron chi connectivity index (χ2n) is 5.41. The van der Waals surface area contributed by atoms with Crippen LogP contribution in [0.3, 0.4) is 0 Å². The van der Waals surface area contributed by atoms with Gasteiger partial charge in [0.05, 0.1) is 15.0 Å². The lowest BCUT2D eigenvalue weighted by atomic mass is 10.3. The van der Waals surface area contributed by atoms with Gasteiger partial charge in [0.15, 0.2) is 9.84 Å². The molecule has 1 saturated carbocycles. The number of rotatable bonds is 4. The van der Waals surface area contributed by atoms with Gasteiger partial charge in [-0.25, -0.2) is 8.42 Å². The Morgan fingerprint density at radius 1 is 1.14 bits per heavy atom. The smallest absolute Gasteiger partial charge is 0.265 e. The maximum atomic E-state index is 12.6. The first-order valence-electron chi connectivity index (χ1n) is 7.26. The van der Waals surface area contributed by atoms with Crippen LogP contribution in [0.4, 0.5) is 5.69 Å². The van der Waals surface area contributed by atoms with Gasteiger partial charge in [-0.2, -0.15) is 0 Å². The first kappa shape index (κ1) is 15.2. The van der Waals surface area contributed by atoms with Crippen LogP contribution in [0.25, 0.3) is 0 Å². The Labute approximate surface area is 134 Å². The number of hydrogen-bond acceptors (Lipinski definition) is 4. The fraction of sp³-hybridized carbons (Fsp3) is 0.312. The molecule has 0 bridgehead atoms. The van der Waals surface area contributed by atoms with E-state index in [9.17, 15) is 13.2 Å². The highest BCUT2D eigenvalue weighted by Gasteiger charge is 2.30. The van der Waals surface area contributed by atoms with E-state index in [4.69, 9.17) is 0 Å². The van der Waals surface area contributed by atoms with Crippen LogP contribution >= 0.6 is 11.3 Å². The molecule has 0 atom stereocenters. The van der Waals surface area contributed by atoms with Crippen LogP contribution in [0, 0.1) is 0 Å². The van der Waals surface area contributed by atoms with Crippen molar-refractivity contribution in [1.82, 2.24) is 0 Å². The van der Waals surface area contributed by atoms with Crippen molar-refractivity contribution in [2.45, 2.75) is 35.8 Å². The molecule has 1 heterocycles. The number of benzene rings is 1. The normalized spacial score (nSPS) is 15.8. The SMILES string of the molecule is O=C(Nc1cccc(S(=O)(=O)C2CCCC2)c1)c1cccs1. The quantitative estimate of drug-likeness (QED) is 0.926. The predicted octanol–water partition coefficient (Wildman–Crippen LogP) is 3.72. The molecule has 0 unspecified atom stereocenters. The molecule has 1 N–H and O–H groups in total. The van der Waals surface area contributed by atoms with Crippen LogP contribution in [0.1, 0.15) is 35.4 Å². The summed E-state index contributed by atoms with van der Waals surface area (Å²) in [5.74, 6) is -0.217. The van der Waals surface area contributed by atoms with E-state index in [1.54, 1.807) is 36.4 Å². The average Bonchev–Trinajstić information content (AvgIpc) is 3.21. The van der Waals surface area contributed by atoms with Gasteiger partial charge in [0, 0.05) is 5.69 Å². The fourth-order valence-electron chi connectivity index (χ4n) is 2.74. The first-order chi connectivity index (χ1) is 10.6. The van der Waals surface area contributed by atoms with Gasteiger partial charge in [-0.05, 0) is 42.5 Å². The number of thiophene rings is 1. The van der Waals surface area contributed by atoms with Crippen molar-refractivity contribution in [2.75, 3.05) is 5.32 Å². The van der Waals surface area contributed by atoms with Crippen LogP contribution < -0.4 is 5.32 Å². The summed E-state index contributed by atoms with van der Waals surface area (Å²) in [6.07, 6.45) is 3.40. The monoisotopic (exact) mass is 335 g/mol. The maximum Gasteiger partial charge on any atom is 0.265 e. The van der Waals surface area contributed by atoms with E-state index < -0.39 is 9.84 Å². The molecule has 1 amide bonds. The van der Waals surface area contributed by atoms with Gasteiger partial charge < -0.3 is 5.32 Å². The van der Waals surface area contributed by atoms with Gasteiger partial charge in [0.1, 0.15) is 0 Å². The Hall–Kier alpha value is -1.66. The second-order valence-corrected chi connectivity index (χ2v) is 8.59. The molecule has 3 rings (SSSR count). The molecule has 0 aliphatic heterocycles. The van der Waals surface area contributed by atoms with Crippen molar-refractivity contribution in [3.8, 4) is 0 Å². The van der Waals surface area contributed by atoms with E-state index >= 15 is 0 Å². The zero-order valence-electron chi connectivity index (χ0n) is 12.0. The number of sulfone groups is 1. The molecule has 116 valence electrons. The van der Waals surface area contributed by atoms with Gasteiger partial charge in [0.2, 0.25) is 0 Å². The number of carbonyl (C=O) groups is 1. The van der Waals surface area contributed by atoms with E-state index in [1.165, 1.54) is 11.3 Å². The molecule has 22 heavy (non-hydrogen) atoms. The largest absolute Gasteiger partial charge is 0.321 e. The third kappa shape index (κ3) is 3.08. The highest BCUT2D eigenvalue weighted by Crippen LogP contribution is 2.30. The summed E-state index contributed by atoms with van der Waals surface area (Å²) in [4.78, 5) is 12.9. The van der Waals surface area contributed by atoms with Crippen LogP contribution in [-0.4, -0.2) is 19.6 Å². The molecule has 0 spiro atoms. The van der Waals surface area contributed by atoms with Gasteiger partial charge >= 0.3 is 0 Å². The minimum absolute atomic E-state index is 0.217. The topological polar surface area (TPSA) is 63.2 Å². The van der Waals surface area contributed by atoms with Crippen molar-refractivity contribution in [1.29, 1.82) is 0 Å². The minimum Gasteiger partial charge on any atom is -0.321 e. The van der Waals surface area contributed by atoms with Crippen molar-refractivity contribution < 1.29 is 13.2 Å². The van der Waals surface area contributed by atoms with E-state index in [2.05, 4.69) is 5.32 Å². The molecule has 1 aliphatic carbocycles. The van der Waals surface area contributed by atoms with Gasteiger partial charge in [-0.1, -0.05) is 25.0 Å². The predicted molar refractivity (Wildman–Crippen MR) is 88.2 cm³/mol. The van der Waals surface area contributed by atoms with E-state index in [0.29, 0.717) is 15.5 Å². The molecule has 1 aromatic heterocycles. The molecule has 0 radical (unpaired) electrons. The van der Waals surface area contributed by atoms with Gasteiger partial charge in [0.25, 0.3) is 5.91 Å². The van der Waals surface area contributed by atoms with Crippen LogP contribution in [0.2, 0.25) is 0 Å². The summed E-state index contributed by atoms with van der Waals surface area (Å²) in [5.41, 5.74) is 0.512. The number of amides is 1. The summed E-state index contributed by atoms with van der Waals surface area (Å²) < 4.78 is 25.2. The zero-order valence-corrected chi connectivity index (χ0v) is 13.6. The maximum absolute atomic E-state index is 12.6. The number of nitrogens with one attached hydrogen (secondary N) is 1. The lowest BCUT2D eigenvalue weighted by Gasteiger charge is -2.12. The zero-order chi connectivity index (χ0) is 15.6. The highest BCUT2D eigenvalue weighted by atomic mass is 32.2. The third-order valence-electron chi connectivity index (χ3n) is 3.91. The lowest BCUT2D eigenvalue weighted by molar-refractivity contribution is 0.103. The van der Waals surface area contributed by atoms with Crippen LogP contribution in [0.15, 0.2) is 46.7 Å². The molecule has 1 aromatic carbocycles. The molecule has 6 heteroatoms. The number of carbonyl (C=O) groups excluding carboxylic acids is 1. The molecular weight excluding hydrogens is 318 g/mol. The molecule has 0 saturated heterocycles. The second kappa shape index (κ2) is 6.22. The summed E-state index contributed by atoms with van der Waals surface area (Å²) in [6.45, 7) is 0. The molecule has 2 aromatic rings. The Kier molecular flexibility index (Phi) is 4.31. The highest BCUT2D eigenvalue weighted by molar-refractivity contribution is 7.92. The van der Waals surface area contributed by atoms with Gasteiger partial charge in [-0.3, -0.25) is 4.79 Å². The van der Waals surface area contributed by atoms with Crippen molar-refractivity contribution in [3.05, 3.63) is 46.7 Å². The summed E-state index contributed by atoms with van der Waals surface area (Å²) in [6, 6.07) is 10.1. The summed E-state index contributed by atoms with van der Waals surface area (Å²) in [5, 5.41) is 4.30. The molecule has 4 nitrogen and oxygen atoms in total. The Bertz CT molecular complexity index is 760. The number of hydrogen-bond donors (Lipinski definition) is 1. The van der Waals surface area contributed by atoms with E-state index in [-0.39, 0.29) is 11.2 Å². The van der Waals surface area contributed by atoms with E-state index in [1.807, 2.05) is 5.38 Å². The lowest BCUT2D eigenvalue weighted by Crippen LogP contribution is -2.18. The average molecular weight is 335 g/mol. The fourth-order valence-corrected chi connectivity index (χ4v) is 5.26. The Morgan fingerprint density at radius 3 is 2.59 bits per heavy atom. The third-order valence-corrected chi connectivity index (χ3v) is 7.04. The molecule has 1 aliphatic rings. The first-order valence-corrected chi connectivity index (χ1v) is 9.69. The number of anilines is 1.